The molecule has 0 aromatic heterocycles. The van der Waals surface area contributed by atoms with E-state index in [2.05, 4.69) is 5.32 Å². The van der Waals surface area contributed by atoms with E-state index in [-0.39, 0.29) is 6.54 Å². The predicted octanol–water partition coefficient (Wildman–Crippen LogP) is 3.98. The summed E-state index contributed by atoms with van der Waals surface area (Å²) in [5.41, 5.74) is 1.13. The highest BCUT2D eigenvalue weighted by atomic mass is 19.1. The van der Waals surface area contributed by atoms with Gasteiger partial charge in [0.2, 0.25) is 0 Å². The fraction of sp³-hybridized carbons (Fsp3) is 0.200. The van der Waals surface area contributed by atoms with Crippen molar-refractivity contribution < 1.29 is 13.5 Å². The molecule has 0 aliphatic carbocycles. The Morgan fingerprint density at radius 3 is 2.47 bits per heavy atom. The molecule has 0 spiro atoms. The van der Waals surface area contributed by atoms with Gasteiger partial charge in [-0.15, -0.1) is 0 Å². The molecule has 0 bridgehead atoms. The minimum Gasteiger partial charge on any atom is -0.494 e. The maximum Gasteiger partial charge on any atom is 0.128 e. The molecule has 2 rings (SSSR count). The largest absolute Gasteiger partial charge is 0.494 e. The van der Waals surface area contributed by atoms with E-state index in [0.717, 1.165) is 23.6 Å². The number of hydrogen-bond acceptors (Lipinski definition) is 2. The fourth-order valence-electron chi connectivity index (χ4n) is 1.71. The van der Waals surface area contributed by atoms with Gasteiger partial charge in [0.15, 0.2) is 0 Å². The highest BCUT2D eigenvalue weighted by Gasteiger charge is 2.03. The van der Waals surface area contributed by atoms with Gasteiger partial charge < -0.3 is 10.1 Å². The quantitative estimate of drug-likeness (QED) is 0.881. The summed E-state index contributed by atoms with van der Waals surface area (Å²) in [5, 5.41) is 3.04. The van der Waals surface area contributed by atoms with Crippen molar-refractivity contribution in [3.63, 3.8) is 0 Å². The maximum absolute atomic E-state index is 13.4. The lowest BCUT2D eigenvalue weighted by Crippen LogP contribution is -2.02. The van der Waals surface area contributed by atoms with Gasteiger partial charge in [-0.05, 0) is 49.4 Å². The van der Waals surface area contributed by atoms with Crippen molar-refractivity contribution in [2.24, 2.45) is 0 Å². The van der Waals surface area contributed by atoms with Crippen LogP contribution in [0.5, 0.6) is 5.75 Å². The zero-order valence-electron chi connectivity index (χ0n) is 10.6. The summed E-state index contributed by atoms with van der Waals surface area (Å²) in [5.74, 6) is -0.0743. The molecule has 0 atom stereocenters. The average molecular weight is 263 g/mol. The van der Waals surface area contributed by atoms with Gasteiger partial charge in [-0.25, -0.2) is 8.78 Å². The molecular formula is C15H15F2NO. The number of anilines is 1. The van der Waals surface area contributed by atoms with Crippen LogP contribution in [0.2, 0.25) is 0 Å². The number of rotatable bonds is 5. The van der Waals surface area contributed by atoms with Crippen molar-refractivity contribution in [1.29, 1.82) is 0 Å². The first-order valence-electron chi connectivity index (χ1n) is 6.09. The monoisotopic (exact) mass is 263 g/mol. The van der Waals surface area contributed by atoms with Crippen molar-refractivity contribution >= 4 is 5.69 Å². The SMILES string of the molecule is CCOc1ccc(NCc2cc(F)ccc2F)cc1. The molecule has 0 radical (unpaired) electrons. The van der Waals surface area contributed by atoms with E-state index in [1.165, 1.54) is 6.07 Å². The first-order valence-corrected chi connectivity index (χ1v) is 6.09. The Morgan fingerprint density at radius 1 is 1.05 bits per heavy atom. The average Bonchev–Trinajstić information content (AvgIpc) is 2.42. The highest BCUT2D eigenvalue weighted by molar-refractivity contribution is 5.46. The summed E-state index contributed by atoms with van der Waals surface area (Å²) in [6.07, 6.45) is 0. The van der Waals surface area contributed by atoms with E-state index in [9.17, 15) is 8.78 Å². The summed E-state index contributed by atoms with van der Waals surface area (Å²) >= 11 is 0. The predicted molar refractivity (Wildman–Crippen MR) is 71.3 cm³/mol. The Morgan fingerprint density at radius 2 is 1.79 bits per heavy atom. The molecule has 100 valence electrons. The molecule has 0 heterocycles. The van der Waals surface area contributed by atoms with Crippen molar-refractivity contribution in [2.45, 2.75) is 13.5 Å². The van der Waals surface area contributed by atoms with Gasteiger partial charge in [-0.2, -0.15) is 0 Å². The molecular weight excluding hydrogens is 248 g/mol. The molecule has 2 aromatic carbocycles. The summed E-state index contributed by atoms with van der Waals surface area (Å²) in [4.78, 5) is 0. The Bertz CT molecular complexity index is 540. The molecule has 2 aromatic rings. The van der Waals surface area contributed by atoms with Gasteiger partial charge in [-0.1, -0.05) is 0 Å². The van der Waals surface area contributed by atoms with Crippen LogP contribution in [0.1, 0.15) is 12.5 Å². The second kappa shape index (κ2) is 6.18. The lowest BCUT2D eigenvalue weighted by molar-refractivity contribution is 0.340. The smallest absolute Gasteiger partial charge is 0.128 e. The molecule has 19 heavy (non-hydrogen) atoms. The molecule has 0 saturated carbocycles. The molecule has 0 saturated heterocycles. The van der Waals surface area contributed by atoms with Gasteiger partial charge in [0.25, 0.3) is 0 Å². The molecule has 0 aliphatic rings. The molecule has 0 amide bonds. The molecule has 0 aliphatic heterocycles. The van der Waals surface area contributed by atoms with Crippen LogP contribution in [0.25, 0.3) is 0 Å². The van der Waals surface area contributed by atoms with Crippen LogP contribution in [0.15, 0.2) is 42.5 Å². The van der Waals surface area contributed by atoms with E-state index in [0.29, 0.717) is 12.2 Å². The molecule has 1 N–H and O–H groups in total. The molecule has 2 nitrogen and oxygen atoms in total. The molecule has 0 unspecified atom stereocenters. The summed E-state index contributed by atoms with van der Waals surface area (Å²) in [7, 11) is 0. The molecule has 0 fully saturated rings. The second-order valence-corrected chi connectivity index (χ2v) is 4.05. The van der Waals surface area contributed by atoms with E-state index in [1.54, 1.807) is 0 Å². The van der Waals surface area contributed by atoms with Gasteiger partial charge in [-0.3, -0.25) is 0 Å². The third-order valence-corrected chi connectivity index (χ3v) is 2.66. The first kappa shape index (κ1) is 13.3. The van der Waals surface area contributed by atoms with Crippen molar-refractivity contribution in [3.8, 4) is 5.75 Å². The lowest BCUT2D eigenvalue weighted by Gasteiger charge is -2.09. The minimum absolute atomic E-state index is 0.234. The minimum atomic E-state index is -0.440. The van der Waals surface area contributed by atoms with Crippen LogP contribution >= 0.6 is 0 Å². The van der Waals surface area contributed by atoms with Crippen LogP contribution in [-0.4, -0.2) is 6.61 Å². The highest BCUT2D eigenvalue weighted by Crippen LogP contribution is 2.17. The second-order valence-electron chi connectivity index (χ2n) is 4.05. The number of nitrogens with one attached hydrogen (secondary N) is 1. The van der Waals surface area contributed by atoms with Crippen LogP contribution < -0.4 is 10.1 Å². The maximum atomic E-state index is 13.4. The van der Waals surface area contributed by atoms with Gasteiger partial charge in [0.05, 0.1) is 6.61 Å². The Balaban J connectivity index is 2.00. The van der Waals surface area contributed by atoms with Crippen molar-refractivity contribution in [1.82, 2.24) is 0 Å². The zero-order valence-corrected chi connectivity index (χ0v) is 10.6. The van der Waals surface area contributed by atoms with Crippen LogP contribution in [-0.2, 0) is 6.54 Å². The van der Waals surface area contributed by atoms with Gasteiger partial charge in [0, 0.05) is 17.8 Å². The van der Waals surface area contributed by atoms with Crippen LogP contribution in [0.3, 0.4) is 0 Å². The van der Waals surface area contributed by atoms with Crippen LogP contribution in [0.4, 0.5) is 14.5 Å². The first-order chi connectivity index (χ1) is 9.19. The number of ether oxygens (including phenoxy) is 1. The third kappa shape index (κ3) is 3.68. The summed E-state index contributed by atoms with van der Waals surface area (Å²) < 4.78 is 31.7. The topological polar surface area (TPSA) is 21.3 Å². The van der Waals surface area contributed by atoms with Gasteiger partial charge in [0.1, 0.15) is 17.4 Å². The van der Waals surface area contributed by atoms with E-state index in [1.807, 2.05) is 31.2 Å². The van der Waals surface area contributed by atoms with Crippen molar-refractivity contribution in [3.05, 3.63) is 59.7 Å². The fourth-order valence-corrected chi connectivity index (χ4v) is 1.71. The Kier molecular flexibility index (Phi) is 4.34. The number of hydrogen-bond donors (Lipinski definition) is 1. The Hall–Kier alpha value is -2.10. The molecule has 4 heteroatoms. The van der Waals surface area contributed by atoms with Crippen LogP contribution in [0, 0.1) is 11.6 Å². The normalized spacial score (nSPS) is 10.3. The third-order valence-electron chi connectivity index (χ3n) is 2.66. The number of halogens is 2. The standard InChI is InChI=1S/C15H15F2NO/c1-2-19-14-6-4-13(5-7-14)18-10-11-9-12(16)3-8-15(11)17/h3-9,18H,2,10H2,1H3. The summed E-state index contributed by atoms with van der Waals surface area (Å²) in [6, 6.07) is 10.8. The Labute approximate surface area is 111 Å². The van der Waals surface area contributed by atoms with E-state index in [4.69, 9.17) is 4.74 Å². The lowest BCUT2D eigenvalue weighted by atomic mass is 10.2. The summed E-state index contributed by atoms with van der Waals surface area (Å²) in [6.45, 7) is 2.76. The zero-order chi connectivity index (χ0) is 13.7. The number of benzene rings is 2. The van der Waals surface area contributed by atoms with Gasteiger partial charge >= 0.3 is 0 Å². The van der Waals surface area contributed by atoms with E-state index < -0.39 is 11.6 Å². The van der Waals surface area contributed by atoms with Crippen molar-refractivity contribution in [2.75, 3.05) is 11.9 Å². The van der Waals surface area contributed by atoms with E-state index >= 15 is 0 Å².